The van der Waals surface area contributed by atoms with Crippen LogP contribution in [0.4, 0.5) is 0 Å². The number of amides is 1. The number of carbonyl (C=O) groups is 1. The monoisotopic (exact) mass is 399 g/mol. The number of aromatic nitrogens is 2. The van der Waals surface area contributed by atoms with Crippen molar-refractivity contribution in [3.63, 3.8) is 0 Å². The summed E-state index contributed by atoms with van der Waals surface area (Å²) in [6.45, 7) is 0.445. The number of halogens is 1. The molecule has 0 aliphatic carbocycles. The maximum absolute atomic E-state index is 12.1. The van der Waals surface area contributed by atoms with E-state index >= 15 is 0 Å². The number of hydrogen-bond donors (Lipinski definition) is 2. The van der Waals surface area contributed by atoms with Gasteiger partial charge < -0.3 is 10.3 Å². The van der Waals surface area contributed by atoms with E-state index in [1.807, 2.05) is 54.6 Å². The summed E-state index contributed by atoms with van der Waals surface area (Å²) in [5.74, 6) is 0.467. The van der Waals surface area contributed by atoms with Crippen LogP contribution in [0.2, 0.25) is 5.02 Å². The first-order chi connectivity index (χ1) is 13.1. The molecule has 138 valence electrons. The number of H-pyrrole nitrogens is 1. The molecule has 0 saturated heterocycles. The standard InChI is InChI=1S/C20H18ClN3O2S/c21-16-8-6-15(7-9-16)13-27-20-23-17(11-19(26)24-20)10-18(25)22-12-14-4-2-1-3-5-14/h1-9,11H,10,12-13H2,(H,22,25)(H,23,24,26). The molecule has 0 aliphatic rings. The van der Waals surface area contributed by atoms with Crippen LogP contribution in [0, 0.1) is 0 Å². The van der Waals surface area contributed by atoms with Gasteiger partial charge >= 0.3 is 0 Å². The molecule has 1 amide bonds. The first-order valence-corrected chi connectivity index (χ1v) is 9.73. The maximum Gasteiger partial charge on any atom is 0.251 e. The number of benzene rings is 2. The lowest BCUT2D eigenvalue weighted by Crippen LogP contribution is -2.25. The first-order valence-electron chi connectivity index (χ1n) is 8.36. The molecule has 3 rings (SSSR count). The third-order valence-corrected chi connectivity index (χ3v) is 4.93. The largest absolute Gasteiger partial charge is 0.352 e. The van der Waals surface area contributed by atoms with Crippen LogP contribution in [-0.4, -0.2) is 15.9 Å². The van der Waals surface area contributed by atoms with Gasteiger partial charge in [-0.25, -0.2) is 4.98 Å². The van der Waals surface area contributed by atoms with Gasteiger partial charge in [0.25, 0.3) is 5.56 Å². The molecule has 3 aromatic rings. The summed E-state index contributed by atoms with van der Waals surface area (Å²) in [7, 11) is 0. The molecule has 1 heterocycles. The number of aromatic amines is 1. The van der Waals surface area contributed by atoms with Crippen LogP contribution in [0.25, 0.3) is 0 Å². The Hall–Kier alpha value is -2.57. The summed E-state index contributed by atoms with van der Waals surface area (Å²) in [5, 5.41) is 4.01. The van der Waals surface area contributed by atoms with Crippen molar-refractivity contribution in [1.29, 1.82) is 0 Å². The number of thioether (sulfide) groups is 1. The van der Waals surface area contributed by atoms with Gasteiger partial charge in [-0.15, -0.1) is 0 Å². The molecule has 5 nitrogen and oxygen atoms in total. The van der Waals surface area contributed by atoms with Crippen molar-refractivity contribution in [2.45, 2.75) is 23.9 Å². The third-order valence-electron chi connectivity index (χ3n) is 3.74. The molecule has 0 aliphatic heterocycles. The average Bonchev–Trinajstić information content (AvgIpc) is 2.66. The van der Waals surface area contributed by atoms with Gasteiger partial charge in [0.2, 0.25) is 5.91 Å². The van der Waals surface area contributed by atoms with E-state index in [1.165, 1.54) is 17.8 Å². The Morgan fingerprint density at radius 2 is 1.81 bits per heavy atom. The lowest BCUT2D eigenvalue weighted by molar-refractivity contribution is -0.120. The van der Waals surface area contributed by atoms with Gasteiger partial charge in [0.15, 0.2) is 5.16 Å². The van der Waals surface area contributed by atoms with E-state index in [2.05, 4.69) is 15.3 Å². The topological polar surface area (TPSA) is 74.8 Å². The SMILES string of the molecule is O=C(Cc1cc(=O)[nH]c(SCc2ccc(Cl)cc2)n1)NCc1ccccc1. The predicted molar refractivity (Wildman–Crippen MR) is 108 cm³/mol. The van der Waals surface area contributed by atoms with Crippen LogP contribution in [0.1, 0.15) is 16.8 Å². The molecule has 0 radical (unpaired) electrons. The molecule has 2 aromatic carbocycles. The molecule has 0 saturated carbocycles. The average molecular weight is 400 g/mol. The van der Waals surface area contributed by atoms with Crippen molar-refractivity contribution in [2.75, 3.05) is 0 Å². The van der Waals surface area contributed by atoms with Crippen LogP contribution >= 0.6 is 23.4 Å². The highest BCUT2D eigenvalue weighted by Gasteiger charge is 2.08. The van der Waals surface area contributed by atoms with E-state index in [-0.39, 0.29) is 17.9 Å². The van der Waals surface area contributed by atoms with Crippen molar-refractivity contribution in [3.8, 4) is 0 Å². The predicted octanol–water partition coefficient (Wildman–Crippen LogP) is 3.57. The Morgan fingerprint density at radius 3 is 2.56 bits per heavy atom. The highest BCUT2D eigenvalue weighted by Crippen LogP contribution is 2.20. The summed E-state index contributed by atoms with van der Waals surface area (Å²) < 4.78 is 0. The Bertz CT molecular complexity index is 959. The molecule has 0 spiro atoms. The number of nitrogens with zero attached hydrogens (tertiary/aromatic N) is 1. The second-order valence-corrected chi connectivity index (χ2v) is 7.30. The Kier molecular flexibility index (Phi) is 6.68. The fourth-order valence-corrected chi connectivity index (χ4v) is 3.37. The fraction of sp³-hybridized carbons (Fsp3) is 0.150. The summed E-state index contributed by atoms with van der Waals surface area (Å²) in [5.41, 5.74) is 2.26. The smallest absolute Gasteiger partial charge is 0.251 e. The lowest BCUT2D eigenvalue weighted by Gasteiger charge is -2.06. The highest BCUT2D eigenvalue weighted by molar-refractivity contribution is 7.98. The van der Waals surface area contributed by atoms with Gasteiger partial charge in [0.05, 0.1) is 12.1 Å². The summed E-state index contributed by atoms with van der Waals surface area (Å²) in [4.78, 5) is 31.1. The summed E-state index contributed by atoms with van der Waals surface area (Å²) >= 11 is 7.28. The van der Waals surface area contributed by atoms with Gasteiger partial charge in [-0.05, 0) is 23.3 Å². The van der Waals surface area contributed by atoms with Gasteiger partial charge in [0.1, 0.15) is 0 Å². The van der Waals surface area contributed by atoms with Crippen molar-refractivity contribution in [2.24, 2.45) is 0 Å². The minimum atomic E-state index is -0.269. The fourth-order valence-electron chi connectivity index (χ4n) is 2.40. The maximum atomic E-state index is 12.1. The quantitative estimate of drug-likeness (QED) is 0.470. The molecule has 0 unspecified atom stereocenters. The van der Waals surface area contributed by atoms with E-state index in [9.17, 15) is 9.59 Å². The summed E-state index contributed by atoms with van der Waals surface area (Å²) in [6.07, 6.45) is 0.0608. The van der Waals surface area contributed by atoms with Gasteiger partial charge in [0, 0.05) is 23.4 Å². The third kappa shape index (κ3) is 6.27. The minimum Gasteiger partial charge on any atom is -0.352 e. The lowest BCUT2D eigenvalue weighted by atomic mass is 10.2. The first kappa shape index (κ1) is 19.2. The molecule has 27 heavy (non-hydrogen) atoms. The van der Waals surface area contributed by atoms with E-state index in [0.29, 0.717) is 28.2 Å². The molecule has 2 N–H and O–H groups in total. The zero-order valence-electron chi connectivity index (χ0n) is 14.4. The number of carbonyl (C=O) groups excluding carboxylic acids is 1. The molecule has 1 aromatic heterocycles. The zero-order chi connectivity index (χ0) is 19.1. The number of hydrogen-bond acceptors (Lipinski definition) is 4. The van der Waals surface area contributed by atoms with Gasteiger partial charge in [-0.3, -0.25) is 9.59 Å². The van der Waals surface area contributed by atoms with E-state index in [1.54, 1.807) is 0 Å². The van der Waals surface area contributed by atoms with Crippen molar-refractivity contribution < 1.29 is 4.79 Å². The Balaban J connectivity index is 1.58. The second-order valence-electron chi connectivity index (χ2n) is 5.90. The molecule has 0 fully saturated rings. The van der Waals surface area contributed by atoms with Crippen molar-refractivity contribution in [3.05, 3.63) is 92.9 Å². The molecule has 0 atom stereocenters. The highest BCUT2D eigenvalue weighted by atomic mass is 35.5. The normalized spacial score (nSPS) is 10.6. The minimum absolute atomic E-state index is 0.0608. The Labute approximate surface area is 166 Å². The molecule has 7 heteroatoms. The van der Waals surface area contributed by atoms with Crippen LogP contribution in [0.5, 0.6) is 0 Å². The second kappa shape index (κ2) is 9.39. The summed E-state index contributed by atoms with van der Waals surface area (Å²) in [6, 6.07) is 18.5. The Morgan fingerprint density at radius 1 is 1.07 bits per heavy atom. The van der Waals surface area contributed by atoms with Crippen molar-refractivity contribution >= 4 is 29.3 Å². The van der Waals surface area contributed by atoms with Gasteiger partial charge in [-0.1, -0.05) is 65.8 Å². The van der Waals surface area contributed by atoms with E-state index < -0.39 is 0 Å². The van der Waals surface area contributed by atoms with E-state index in [0.717, 1.165) is 11.1 Å². The van der Waals surface area contributed by atoms with Crippen LogP contribution in [-0.2, 0) is 23.5 Å². The van der Waals surface area contributed by atoms with Crippen LogP contribution in [0.3, 0.4) is 0 Å². The molecular formula is C20H18ClN3O2S. The van der Waals surface area contributed by atoms with Gasteiger partial charge in [-0.2, -0.15) is 0 Å². The molecular weight excluding hydrogens is 382 g/mol. The molecule has 0 bridgehead atoms. The van der Waals surface area contributed by atoms with Crippen LogP contribution in [0.15, 0.2) is 70.6 Å². The van der Waals surface area contributed by atoms with E-state index in [4.69, 9.17) is 11.6 Å². The number of nitrogens with one attached hydrogen (secondary N) is 2. The zero-order valence-corrected chi connectivity index (χ0v) is 16.0. The number of rotatable bonds is 7. The van der Waals surface area contributed by atoms with Crippen molar-refractivity contribution in [1.82, 2.24) is 15.3 Å². The van der Waals surface area contributed by atoms with Crippen LogP contribution < -0.4 is 10.9 Å².